The number of nitrogens with zero attached hydrogens (tertiary/aromatic N) is 4. The number of carbonyl (C=O) groups excluding carboxylic acids is 1. The zero-order valence-electron chi connectivity index (χ0n) is 15.1. The molecule has 26 heavy (non-hydrogen) atoms. The quantitative estimate of drug-likeness (QED) is 0.597. The molecule has 1 fully saturated rings. The molecule has 3 rings (SSSR count). The Morgan fingerprint density at radius 1 is 1.42 bits per heavy atom. The van der Waals surface area contributed by atoms with Crippen LogP contribution in [0.15, 0.2) is 42.3 Å². The van der Waals surface area contributed by atoms with Crippen LogP contribution in [0.3, 0.4) is 0 Å². The SMILES string of the molecule is C=CCn1c(SCC(=O)N[C@@H]2CCCC[C@@H]2C)nnc1-c1cccnc1. The predicted octanol–water partition coefficient (Wildman–Crippen LogP) is 3.31. The van der Waals surface area contributed by atoms with Crippen LogP contribution in [-0.2, 0) is 11.3 Å². The van der Waals surface area contributed by atoms with E-state index in [4.69, 9.17) is 0 Å². The van der Waals surface area contributed by atoms with Gasteiger partial charge in [0.1, 0.15) is 0 Å². The molecule has 1 saturated carbocycles. The van der Waals surface area contributed by atoms with Crippen molar-refractivity contribution in [3.8, 4) is 11.4 Å². The van der Waals surface area contributed by atoms with E-state index in [1.165, 1.54) is 31.0 Å². The van der Waals surface area contributed by atoms with Gasteiger partial charge < -0.3 is 5.32 Å². The Morgan fingerprint density at radius 3 is 3.00 bits per heavy atom. The topological polar surface area (TPSA) is 72.7 Å². The maximum Gasteiger partial charge on any atom is 0.230 e. The zero-order chi connectivity index (χ0) is 18.4. The molecule has 1 aliphatic rings. The first-order valence-electron chi connectivity index (χ1n) is 9.05. The molecule has 0 unspecified atom stereocenters. The predicted molar refractivity (Wildman–Crippen MR) is 104 cm³/mol. The average molecular weight is 372 g/mol. The van der Waals surface area contributed by atoms with Crippen molar-refractivity contribution < 1.29 is 4.79 Å². The number of hydrogen-bond acceptors (Lipinski definition) is 5. The lowest BCUT2D eigenvalue weighted by atomic mass is 9.86. The summed E-state index contributed by atoms with van der Waals surface area (Å²) < 4.78 is 1.96. The van der Waals surface area contributed by atoms with Crippen LogP contribution >= 0.6 is 11.8 Å². The monoisotopic (exact) mass is 371 g/mol. The molecule has 1 N–H and O–H groups in total. The summed E-state index contributed by atoms with van der Waals surface area (Å²) in [6, 6.07) is 4.12. The van der Waals surface area contributed by atoms with E-state index in [9.17, 15) is 4.79 Å². The first-order valence-corrected chi connectivity index (χ1v) is 10.0. The van der Waals surface area contributed by atoms with E-state index in [1.54, 1.807) is 18.5 Å². The van der Waals surface area contributed by atoms with Gasteiger partial charge in [0, 0.05) is 30.5 Å². The van der Waals surface area contributed by atoms with Gasteiger partial charge in [-0.3, -0.25) is 14.3 Å². The Balaban J connectivity index is 1.65. The number of carbonyl (C=O) groups is 1. The van der Waals surface area contributed by atoms with Crippen LogP contribution in [0.25, 0.3) is 11.4 Å². The molecular formula is C19H25N5OS. The molecule has 1 amide bonds. The average Bonchev–Trinajstić information content (AvgIpc) is 3.06. The van der Waals surface area contributed by atoms with Gasteiger partial charge in [0.15, 0.2) is 11.0 Å². The first-order chi connectivity index (χ1) is 12.7. The fraction of sp³-hybridized carbons (Fsp3) is 0.474. The van der Waals surface area contributed by atoms with Crippen LogP contribution in [0, 0.1) is 5.92 Å². The summed E-state index contributed by atoms with van der Waals surface area (Å²) in [5.41, 5.74) is 0.897. The fourth-order valence-electron chi connectivity index (χ4n) is 3.31. The van der Waals surface area contributed by atoms with Crippen molar-refractivity contribution in [2.75, 3.05) is 5.75 Å². The molecular weight excluding hydrogens is 346 g/mol. The minimum absolute atomic E-state index is 0.0600. The summed E-state index contributed by atoms with van der Waals surface area (Å²) in [5, 5.41) is 12.4. The van der Waals surface area contributed by atoms with Crippen molar-refractivity contribution in [3.05, 3.63) is 37.2 Å². The standard InChI is InChI=1S/C19H25N5OS/c1-3-11-24-18(15-8-6-10-20-12-15)22-23-19(24)26-13-17(25)21-16-9-5-4-7-14(16)2/h3,6,8,10,12,14,16H,1,4-5,7,9,11,13H2,2H3,(H,21,25)/t14-,16+/m0/s1. The highest BCUT2D eigenvalue weighted by atomic mass is 32.2. The molecule has 0 radical (unpaired) electrons. The molecule has 2 atom stereocenters. The normalized spacial score (nSPS) is 19.9. The molecule has 2 aromatic heterocycles. The third-order valence-corrected chi connectivity index (χ3v) is 5.71. The van der Waals surface area contributed by atoms with Gasteiger partial charge >= 0.3 is 0 Å². The second kappa shape index (κ2) is 8.98. The second-order valence-corrected chi connectivity index (χ2v) is 7.61. The number of pyridine rings is 1. The number of aromatic nitrogens is 4. The van der Waals surface area contributed by atoms with Crippen LogP contribution < -0.4 is 5.32 Å². The van der Waals surface area contributed by atoms with Gasteiger partial charge in [0.05, 0.1) is 5.75 Å². The van der Waals surface area contributed by atoms with Gasteiger partial charge in [-0.1, -0.05) is 37.6 Å². The highest BCUT2D eigenvalue weighted by Crippen LogP contribution is 2.25. The Morgan fingerprint density at radius 2 is 2.27 bits per heavy atom. The Kier molecular flexibility index (Phi) is 6.44. The molecule has 138 valence electrons. The number of amides is 1. The third-order valence-electron chi connectivity index (χ3n) is 4.74. The molecule has 0 saturated heterocycles. The lowest BCUT2D eigenvalue weighted by Gasteiger charge is -2.29. The summed E-state index contributed by atoms with van der Waals surface area (Å²) in [7, 11) is 0. The maximum absolute atomic E-state index is 12.4. The minimum atomic E-state index is 0.0600. The third kappa shape index (κ3) is 4.52. The summed E-state index contributed by atoms with van der Waals surface area (Å²) in [6.07, 6.45) is 10.0. The van der Waals surface area contributed by atoms with Gasteiger partial charge in [0.2, 0.25) is 5.91 Å². The van der Waals surface area contributed by atoms with Crippen LogP contribution in [0.5, 0.6) is 0 Å². The molecule has 7 heteroatoms. The Labute approximate surface area is 158 Å². The van der Waals surface area contributed by atoms with E-state index in [0.29, 0.717) is 24.3 Å². The van der Waals surface area contributed by atoms with E-state index >= 15 is 0 Å². The van der Waals surface area contributed by atoms with Crippen LogP contribution in [0.1, 0.15) is 32.6 Å². The van der Waals surface area contributed by atoms with Crippen molar-refractivity contribution in [3.63, 3.8) is 0 Å². The molecule has 0 bridgehead atoms. The van der Waals surface area contributed by atoms with E-state index in [0.717, 1.165) is 23.0 Å². The van der Waals surface area contributed by atoms with Crippen molar-refractivity contribution >= 4 is 17.7 Å². The van der Waals surface area contributed by atoms with Gasteiger partial charge in [-0.2, -0.15) is 0 Å². The number of allylic oxidation sites excluding steroid dienone is 1. The number of hydrogen-bond donors (Lipinski definition) is 1. The molecule has 0 aromatic carbocycles. The van der Waals surface area contributed by atoms with Crippen molar-refractivity contribution in [2.24, 2.45) is 5.92 Å². The van der Waals surface area contributed by atoms with Crippen LogP contribution in [0.4, 0.5) is 0 Å². The summed E-state index contributed by atoms with van der Waals surface area (Å²) in [4.78, 5) is 16.5. The first kappa shape index (κ1) is 18.6. The van der Waals surface area contributed by atoms with Crippen molar-refractivity contribution in [2.45, 2.75) is 50.4 Å². The van der Waals surface area contributed by atoms with E-state index in [2.05, 4.69) is 34.0 Å². The highest BCUT2D eigenvalue weighted by Gasteiger charge is 2.23. The number of rotatable bonds is 7. The zero-order valence-corrected chi connectivity index (χ0v) is 15.9. The largest absolute Gasteiger partial charge is 0.352 e. The molecule has 2 aromatic rings. The summed E-state index contributed by atoms with van der Waals surface area (Å²) in [5.74, 6) is 1.69. The molecule has 6 nitrogen and oxygen atoms in total. The molecule has 2 heterocycles. The van der Waals surface area contributed by atoms with Crippen molar-refractivity contribution in [1.82, 2.24) is 25.1 Å². The van der Waals surface area contributed by atoms with E-state index < -0.39 is 0 Å². The lowest BCUT2D eigenvalue weighted by Crippen LogP contribution is -2.41. The minimum Gasteiger partial charge on any atom is -0.352 e. The lowest BCUT2D eigenvalue weighted by molar-refractivity contribution is -0.119. The smallest absolute Gasteiger partial charge is 0.230 e. The Hall–Kier alpha value is -2.15. The van der Waals surface area contributed by atoms with Gasteiger partial charge in [-0.15, -0.1) is 16.8 Å². The summed E-state index contributed by atoms with van der Waals surface area (Å²) >= 11 is 1.41. The van der Waals surface area contributed by atoms with Crippen LogP contribution in [-0.4, -0.2) is 37.5 Å². The Bertz CT molecular complexity index is 746. The summed E-state index contributed by atoms with van der Waals surface area (Å²) in [6.45, 7) is 6.62. The van der Waals surface area contributed by atoms with Gasteiger partial charge in [-0.05, 0) is 30.9 Å². The highest BCUT2D eigenvalue weighted by molar-refractivity contribution is 7.99. The van der Waals surface area contributed by atoms with Gasteiger partial charge in [-0.25, -0.2) is 0 Å². The number of nitrogens with one attached hydrogen (secondary N) is 1. The van der Waals surface area contributed by atoms with Gasteiger partial charge in [0.25, 0.3) is 0 Å². The van der Waals surface area contributed by atoms with E-state index in [1.807, 2.05) is 16.7 Å². The maximum atomic E-state index is 12.4. The molecule has 0 spiro atoms. The fourth-order valence-corrected chi connectivity index (χ4v) is 4.07. The number of thioether (sulfide) groups is 1. The van der Waals surface area contributed by atoms with Crippen LogP contribution in [0.2, 0.25) is 0 Å². The van der Waals surface area contributed by atoms with E-state index in [-0.39, 0.29) is 5.91 Å². The van der Waals surface area contributed by atoms with Crippen molar-refractivity contribution in [1.29, 1.82) is 0 Å². The second-order valence-electron chi connectivity index (χ2n) is 6.67. The molecule has 1 aliphatic carbocycles. The molecule has 0 aliphatic heterocycles.